The molecule has 0 saturated carbocycles. The molecule has 2 aliphatic rings. The van der Waals surface area contributed by atoms with Crippen LogP contribution in [0, 0.1) is 0 Å². The van der Waals surface area contributed by atoms with Crippen LogP contribution in [-0.4, -0.2) is 57.0 Å². The number of ether oxygens (including phenoxy) is 2. The molecule has 0 unspecified atom stereocenters. The fourth-order valence-electron chi connectivity index (χ4n) is 3.20. The fourth-order valence-corrected chi connectivity index (χ4v) is 4.64. The molecule has 1 saturated heterocycles. The number of furan rings is 1. The number of nitrogens with zero attached hydrogens (tertiary/aromatic N) is 2. The second kappa shape index (κ2) is 7.30. The van der Waals surface area contributed by atoms with Gasteiger partial charge >= 0.3 is 0 Å². The molecule has 0 spiro atoms. The molecule has 0 atom stereocenters. The zero-order valence-electron chi connectivity index (χ0n) is 14.5. The maximum absolute atomic E-state index is 13.0. The summed E-state index contributed by atoms with van der Waals surface area (Å²) in [5, 5.41) is 0. The number of hydrogen-bond donors (Lipinski definition) is 0. The maximum Gasteiger partial charge on any atom is 0.243 e. The van der Waals surface area contributed by atoms with Gasteiger partial charge in [0, 0.05) is 38.7 Å². The molecule has 140 valence electrons. The molecule has 0 aliphatic carbocycles. The van der Waals surface area contributed by atoms with Crippen molar-refractivity contribution in [2.45, 2.75) is 17.9 Å². The van der Waals surface area contributed by atoms with Gasteiger partial charge in [-0.05, 0) is 24.3 Å². The SMILES string of the molecule is O=S(=O)(c1ccc2c(c1)OCCCO2)N1CCN(Cc2ccco2)CC1. The highest BCUT2D eigenvalue weighted by molar-refractivity contribution is 7.89. The standard InChI is InChI=1S/C18H22N2O5S/c21-26(22,16-4-5-17-18(13-16)25-12-2-11-24-17)20-8-6-19(7-9-20)14-15-3-1-10-23-15/h1,3-5,10,13H,2,6-9,11-12,14H2. The third-order valence-corrected chi connectivity index (χ3v) is 6.54. The van der Waals surface area contributed by atoms with Crippen molar-refractivity contribution in [3.63, 3.8) is 0 Å². The predicted octanol–water partition coefficient (Wildman–Crippen LogP) is 1.95. The van der Waals surface area contributed by atoms with Gasteiger partial charge < -0.3 is 13.9 Å². The van der Waals surface area contributed by atoms with Crippen LogP contribution in [0.15, 0.2) is 45.9 Å². The number of hydrogen-bond acceptors (Lipinski definition) is 6. The fraction of sp³-hybridized carbons (Fsp3) is 0.444. The zero-order chi connectivity index (χ0) is 18.0. The third-order valence-electron chi connectivity index (χ3n) is 4.65. The van der Waals surface area contributed by atoms with E-state index < -0.39 is 10.0 Å². The minimum absolute atomic E-state index is 0.251. The average Bonchev–Trinajstić information content (AvgIpc) is 3.04. The second-order valence-electron chi connectivity index (χ2n) is 6.42. The van der Waals surface area contributed by atoms with Gasteiger partial charge in [0.1, 0.15) is 5.76 Å². The van der Waals surface area contributed by atoms with Crippen LogP contribution in [0.25, 0.3) is 0 Å². The van der Waals surface area contributed by atoms with Crippen molar-refractivity contribution in [1.29, 1.82) is 0 Å². The molecule has 3 heterocycles. The lowest BCUT2D eigenvalue weighted by Crippen LogP contribution is -2.48. The monoisotopic (exact) mass is 378 g/mol. The summed E-state index contributed by atoms with van der Waals surface area (Å²) in [6.07, 6.45) is 2.44. The van der Waals surface area contributed by atoms with Crippen molar-refractivity contribution < 1.29 is 22.3 Å². The number of piperazine rings is 1. The minimum atomic E-state index is -3.55. The maximum atomic E-state index is 13.0. The molecule has 0 bridgehead atoms. The van der Waals surface area contributed by atoms with Gasteiger partial charge in [-0.15, -0.1) is 0 Å². The second-order valence-corrected chi connectivity index (χ2v) is 8.36. The van der Waals surface area contributed by atoms with E-state index in [0.717, 1.165) is 12.2 Å². The van der Waals surface area contributed by atoms with Gasteiger partial charge in [-0.3, -0.25) is 4.90 Å². The highest BCUT2D eigenvalue weighted by atomic mass is 32.2. The van der Waals surface area contributed by atoms with Crippen LogP contribution in [0.1, 0.15) is 12.2 Å². The lowest BCUT2D eigenvalue weighted by Gasteiger charge is -2.33. The summed E-state index contributed by atoms with van der Waals surface area (Å²) in [6, 6.07) is 8.64. The smallest absolute Gasteiger partial charge is 0.243 e. The Labute approximate surface area is 153 Å². The van der Waals surface area contributed by atoms with Crippen molar-refractivity contribution in [1.82, 2.24) is 9.21 Å². The first-order valence-corrected chi connectivity index (χ1v) is 10.2. The summed E-state index contributed by atoms with van der Waals surface area (Å²) in [5.74, 6) is 1.99. The van der Waals surface area contributed by atoms with E-state index in [9.17, 15) is 8.42 Å². The number of benzene rings is 1. The molecule has 1 aromatic heterocycles. The van der Waals surface area contributed by atoms with E-state index in [2.05, 4.69) is 4.90 Å². The first kappa shape index (κ1) is 17.4. The van der Waals surface area contributed by atoms with Crippen molar-refractivity contribution in [2.75, 3.05) is 39.4 Å². The predicted molar refractivity (Wildman–Crippen MR) is 94.8 cm³/mol. The van der Waals surface area contributed by atoms with Gasteiger partial charge in [-0.25, -0.2) is 8.42 Å². The van der Waals surface area contributed by atoms with Crippen LogP contribution in [0.4, 0.5) is 0 Å². The summed E-state index contributed by atoms with van der Waals surface area (Å²) in [5.41, 5.74) is 0. The molecular weight excluding hydrogens is 356 g/mol. The van der Waals surface area contributed by atoms with E-state index >= 15 is 0 Å². The summed E-state index contributed by atoms with van der Waals surface area (Å²) in [7, 11) is -3.55. The third kappa shape index (κ3) is 3.58. The summed E-state index contributed by atoms with van der Waals surface area (Å²) in [4.78, 5) is 2.44. The molecule has 1 aromatic carbocycles. The topological polar surface area (TPSA) is 72.2 Å². The number of sulfonamides is 1. The normalized spacial score (nSPS) is 19.2. The van der Waals surface area contributed by atoms with E-state index in [1.807, 2.05) is 12.1 Å². The highest BCUT2D eigenvalue weighted by Gasteiger charge is 2.29. The molecule has 7 nitrogen and oxygen atoms in total. The van der Waals surface area contributed by atoms with Crippen LogP contribution in [0.5, 0.6) is 11.5 Å². The number of fused-ring (bicyclic) bond motifs is 1. The van der Waals surface area contributed by atoms with Crippen molar-refractivity contribution >= 4 is 10.0 Å². The lowest BCUT2D eigenvalue weighted by molar-refractivity contribution is 0.171. The van der Waals surface area contributed by atoms with Gasteiger partial charge in [-0.1, -0.05) is 0 Å². The van der Waals surface area contributed by atoms with Crippen LogP contribution < -0.4 is 9.47 Å². The lowest BCUT2D eigenvalue weighted by atomic mass is 10.3. The molecule has 2 aromatic rings. The van der Waals surface area contributed by atoms with Crippen molar-refractivity contribution in [3.8, 4) is 11.5 Å². The Kier molecular flexibility index (Phi) is 4.88. The van der Waals surface area contributed by atoms with Crippen molar-refractivity contribution in [3.05, 3.63) is 42.4 Å². The summed E-state index contributed by atoms with van der Waals surface area (Å²) < 4.78 is 44.0. The quantitative estimate of drug-likeness (QED) is 0.810. The van der Waals surface area contributed by atoms with Gasteiger partial charge in [0.05, 0.1) is 30.9 Å². The molecule has 0 radical (unpaired) electrons. The van der Waals surface area contributed by atoms with E-state index in [4.69, 9.17) is 13.9 Å². The van der Waals surface area contributed by atoms with Crippen molar-refractivity contribution in [2.24, 2.45) is 0 Å². The molecule has 2 aliphatic heterocycles. The zero-order valence-corrected chi connectivity index (χ0v) is 15.3. The Morgan fingerprint density at radius 2 is 1.73 bits per heavy atom. The van der Waals surface area contributed by atoms with Crippen LogP contribution in [0.2, 0.25) is 0 Å². The molecular formula is C18H22N2O5S. The highest BCUT2D eigenvalue weighted by Crippen LogP contribution is 2.33. The first-order valence-electron chi connectivity index (χ1n) is 8.77. The molecule has 8 heteroatoms. The van der Waals surface area contributed by atoms with E-state index in [0.29, 0.717) is 57.4 Å². The Balaban J connectivity index is 1.45. The average molecular weight is 378 g/mol. The van der Waals surface area contributed by atoms with Gasteiger partial charge in [0.25, 0.3) is 0 Å². The molecule has 0 amide bonds. The Morgan fingerprint density at radius 3 is 2.46 bits per heavy atom. The summed E-state index contributed by atoms with van der Waals surface area (Å²) in [6.45, 7) is 4.06. The van der Waals surface area contributed by atoms with Crippen LogP contribution in [0.3, 0.4) is 0 Å². The minimum Gasteiger partial charge on any atom is -0.490 e. The Hall–Kier alpha value is -2.03. The van der Waals surface area contributed by atoms with E-state index in [1.165, 1.54) is 4.31 Å². The molecule has 4 rings (SSSR count). The molecule has 0 N–H and O–H groups in total. The van der Waals surface area contributed by atoms with Gasteiger partial charge in [0.2, 0.25) is 10.0 Å². The Bertz CT molecular complexity index is 842. The Morgan fingerprint density at radius 1 is 0.962 bits per heavy atom. The largest absolute Gasteiger partial charge is 0.490 e. The van der Waals surface area contributed by atoms with Crippen LogP contribution >= 0.6 is 0 Å². The van der Waals surface area contributed by atoms with Crippen LogP contribution in [-0.2, 0) is 16.6 Å². The van der Waals surface area contributed by atoms with Gasteiger partial charge in [0.15, 0.2) is 11.5 Å². The first-order chi connectivity index (χ1) is 12.6. The molecule has 26 heavy (non-hydrogen) atoms. The number of rotatable bonds is 4. The molecule has 1 fully saturated rings. The van der Waals surface area contributed by atoms with E-state index in [1.54, 1.807) is 24.5 Å². The summed E-state index contributed by atoms with van der Waals surface area (Å²) >= 11 is 0. The van der Waals surface area contributed by atoms with Gasteiger partial charge in [-0.2, -0.15) is 4.31 Å². The van der Waals surface area contributed by atoms with E-state index in [-0.39, 0.29) is 4.90 Å².